The van der Waals surface area contributed by atoms with Crippen molar-refractivity contribution >= 4 is 34.9 Å². The van der Waals surface area contributed by atoms with Crippen molar-refractivity contribution in [2.45, 2.75) is 6.42 Å². The number of benzene rings is 2. The number of ether oxygens (including phenoxy) is 2. The third-order valence-corrected chi connectivity index (χ3v) is 6.42. The highest BCUT2D eigenvalue weighted by Gasteiger charge is 2.34. The zero-order valence-electron chi connectivity index (χ0n) is 17.9. The number of aromatic nitrogens is 1. The highest BCUT2D eigenvalue weighted by Crippen LogP contribution is 2.37. The van der Waals surface area contributed by atoms with Gasteiger partial charge in [0.05, 0.1) is 17.2 Å². The third kappa shape index (κ3) is 4.45. The SMILES string of the molecule is O=C1COc2cc(F)c(C(=O)N3CC(COc4ccc(Cl)cc4-c4ccncc4Cl)C3)cc2C1. The maximum absolute atomic E-state index is 14.5. The van der Waals surface area contributed by atoms with Crippen LogP contribution in [0.15, 0.2) is 48.8 Å². The highest BCUT2D eigenvalue weighted by molar-refractivity contribution is 6.33. The van der Waals surface area contributed by atoms with Gasteiger partial charge in [-0.3, -0.25) is 14.6 Å². The number of halogens is 3. The van der Waals surface area contributed by atoms with Gasteiger partial charge in [-0.15, -0.1) is 0 Å². The smallest absolute Gasteiger partial charge is 0.256 e. The summed E-state index contributed by atoms with van der Waals surface area (Å²) < 4.78 is 25.8. The summed E-state index contributed by atoms with van der Waals surface area (Å²) in [6, 6.07) is 9.69. The van der Waals surface area contributed by atoms with Gasteiger partial charge in [-0.25, -0.2) is 4.39 Å². The molecule has 6 nitrogen and oxygen atoms in total. The number of Topliss-reactive ketones (excluding diaryl/α,β-unsaturated/α-hetero) is 1. The highest BCUT2D eigenvalue weighted by atomic mass is 35.5. The molecule has 0 bridgehead atoms. The molecule has 0 radical (unpaired) electrons. The van der Waals surface area contributed by atoms with E-state index < -0.39 is 11.7 Å². The van der Waals surface area contributed by atoms with Gasteiger partial charge in [0.25, 0.3) is 5.91 Å². The summed E-state index contributed by atoms with van der Waals surface area (Å²) >= 11 is 12.5. The van der Waals surface area contributed by atoms with Crippen LogP contribution in [0.25, 0.3) is 11.1 Å². The summed E-state index contributed by atoms with van der Waals surface area (Å²) in [4.78, 5) is 30.0. The van der Waals surface area contributed by atoms with E-state index in [-0.39, 0.29) is 30.3 Å². The molecular formula is C25H19Cl2FN2O4. The van der Waals surface area contributed by atoms with Gasteiger partial charge < -0.3 is 14.4 Å². The maximum Gasteiger partial charge on any atom is 0.256 e. The van der Waals surface area contributed by atoms with Crippen molar-refractivity contribution in [2.75, 3.05) is 26.3 Å². The molecule has 2 aliphatic heterocycles. The Kier molecular flexibility index (Phi) is 6.15. The van der Waals surface area contributed by atoms with Crippen LogP contribution in [-0.2, 0) is 11.2 Å². The first-order chi connectivity index (χ1) is 16.4. The second-order valence-corrected chi connectivity index (χ2v) is 9.17. The van der Waals surface area contributed by atoms with E-state index in [1.54, 1.807) is 41.6 Å². The van der Waals surface area contributed by atoms with Gasteiger partial charge in [0.1, 0.15) is 23.9 Å². The average Bonchev–Trinajstić information content (AvgIpc) is 2.79. The minimum Gasteiger partial charge on any atom is -0.493 e. The molecule has 1 saturated heterocycles. The molecule has 0 atom stereocenters. The molecule has 9 heteroatoms. The molecule has 5 rings (SSSR count). The van der Waals surface area contributed by atoms with E-state index in [0.717, 1.165) is 11.1 Å². The van der Waals surface area contributed by atoms with E-state index in [4.69, 9.17) is 32.7 Å². The van der Waals surface area contributed by atoms with Gasteiger partial charge in [0.2, 0.25) is 0 Å². The van der Waals surface area contributed by atoms with Crippen molar-refractivity contribution in [3.63, 3.8) is 0 Å². The Hall–Kier alpha value is -3.16. The van der Waals surface area contributed by atoms with Crippen molar-refractivity contribution in [3.8, 4) is 22.6 Å². The number of rotatable bonds is 5. The average molecular weight is 501 g/mol. The van der Waals surface area contributed by atoms with E-state index in [1.807, 2.05) is 0 Å². The van der Waals surface area contributed by atoms with Crippen LogP contribution in [0.5, 0.6) is 11.5 Å². The molecule has 0 aliphatic carbocycles. The molecular weight excluding hydrogens is 482 g/mol. The number of carbonyl (C=O) groups excluding carboxylic acids is 2. The third-order valence-electron chi connectivity index (χ3n) is 5.88. The lowest BCUT2D eigenvalue weighted by Gasteiger charge is -2.39. The van der Waals surface area contributed by atoms with Crippen LogP contribution in [-0.4, -0.2) is 47.9 Å². The van der Waals surface area contributed by atoms with E-state index in [2.05, 4.69) is 4.98 Å². The molecule has 1 aromatic heterocycles. The van der Waals surface area contributed by atoms with E-state index >= 15 is 0 Å². The minimum atomic E-state index is -0.655. The molecule has 0 saturated carbocycles. The summed E-state index contributed by atoms with van der Waals surface area (Å²) in [5.74, 6) is -0.147. The number of fused-ring (bicyclic) bond motifs is 1. The molecule has 174 valence electrons. The second-order valence-electron chi connectivity index (χ2n) is 8.33. The predicted octanol–water partition coefficient (Wildman–Crippen LogP) is 4.85. The second kappa shape index (κ2) is 9.24. The molecule has 1 fully saturated rings. The molecule has 0 N–H and O–H groups in total. The summed E-state index contributed by atoms with van der Waals surface area (Å²) in [6.07, 6.45) is 3.33. The number of amides is 1. The Labute approximate surface area is 205 Å². The number of hydrogen-bond acceptors (Lipinski definition) is 5. The lowest BCUT2D eigenvalue weighted by Crippen LogP contribution is -2.52. The van der Waals surface area contributed by atoms with Gasteiger partial charge in [-0.05, 0) is 30.3 Å². The summed E-state index contributed by atoms with van der Waals surface area (Å²) in [6.45, 7) is 1.17. The Morgan fingerprint density at radius 1 is 1.18 bits per heavy atom. The zero-order chi connectivity index (χ0) is 23.8. The Balaban J connectivity index is 1.24. The molecule has 0 spiro atoms. The van der Waals surface area contributed by atoms with Crippen molar-refractivity contribution in [2.24, 2.45) is 5.92 Å². The molecule has 2 aromatic carbocycles. The maximum atomic E-state index is 14.5. The Morgan fingerprint density at radius 3 is 2.79 bits per heavy atom. The van der Waals surface area contributed by atoms with Gasteiger partial charge in [-0.1, -0.05) is 23.2 Å². The number of pyridine rings is 1. The zero-order valence-corrected chi connectivity index (χ0v) is 19.4. The van der Waals surface area contributed by atoms with Crippen LogP contribution < -0.4 is 9.47 Å². The fraction of sp³-hybridized carbons (Fsp3) is 0.240. The van der Waals surface area contributed by atoms with Crippen LogP contribution in [0, 0.1) is 11.7 Å². The fourth-order valence-electron chi connectivity index (χ4n) is 4.11. The Morgan fingerprint density at radius 2 is 2.00 bits per heavy atom. The first-order valence-corrected chi connectivity index (χ1v) is 11.4. The van der Waals surface area contributed by atoms with Gasteiger partial charge in [0, 0.05) is 65.6 Å². The monoisotopic (exact) mass is 500 g/mol. The Bertz CT molecular complexity index is 1290. The minimum absolute atomic E-state index is 0.0521. The van der Waals surface area contributed by atoms with Crippen LogP contribution in [0.2, 0.25) is 10.0 Å². The van der Waals surface area contributed by atoms with E-state index in [9.17, 15) is 14.0 Å². The molecule has 2 aliphatic rings. The summed E-state index contributed by atoms with van der Waals surface area (Å²) in [5.41, 5.74) is 1.99. The van der Waals surface area contributed by atoms with Crippen LogP contribution in [0.1, 0.15) is 15.9 Å². The number of likely N-dealkylation sites (tertiary alicyclic amines) is 1. The standard InChI is InChI=1S/C25H19Cl2FN2O4/c26-16-1-2-23(19(7-16)18-3-4-29-9-21(18)27)33-12-14-10-30(11-14)25(32)20-6-15-5-17(31)13-34-24(15)8-22(20)28/h1-4,6-9,14H,5,10-13H2. The molecule has 3 aromatic rings. The van der Waals surface area contributed by atoms with Crippen molar-refractivity contribution in [1.29, 1.82) is 0 Å². The van der Waals surface area contributed by atoms with Crippen molar-refractivity contribution in [1.82, 2.24) is 9.88 Å². The van der Waals surface area contributed by atoms with Crippen LogP contribution >= 0.6 is 23.2 Å². The van der Waals surface area contributed by atoms with E-state index in [1.165, 1.54) is 12.1 Å². The molecule has 0 unspecified atom stereocenters. The first-order valence-electron chi connectivity index (χ1n) is 10.7. The number of hydrogen-bond donors (Lipinski definition) is 0. The first kappa shape index (κ1) is 22.6. The van der Waals surface area contributed by atoms with Gasteiger partial charge in [0.15, 0.2) is 5.78 Å². The molecule has 1 amide bonds. The number of carbonyl (C=O) groups is 2. The lowest BCUT2D eigenvalue weighted by atomic mass is 9.97. The number of nitrogens with zero attached hydrogens (tertiary/aromatic N) is 2. The molecule has 3 heterocycles. The summed E-state index contributed by atoms with van der Waals surface area (Å²) in [7, 11) is 0. The normalized spacial score (nSPS) is 15.4. The summed E-state index contributed by atoms with van der Waals surface area (Å²) in [5, 5.41) is 1.03. The van der Waals surface area contributed by atoms with Crippen molar-refractivity contribution < 1.29 is 23.5 Å². The fourth-order valence-corrected chi connectivity index (χ4v) is 4.50. The van der Waals surface area contributed by atoms with Gasteiger partial charge in [-0.2, -0.15) is 0 Å². The van der Waals surface area contributed by atoms with Crippen LogP contribution in [0.4, 0.5) is 4.39 Å². The van der Waals surface area contributed by atoms with Crippen LogP contribution in [0.3, 0.4) is 0 Å². The van der Waals surface area contributed by atoms with Crippen molar-refractivity contribution in [3.05, 3.63) is 75.8 Å². The topological polar surface area (TPSA) is 68.7 Å². The quantitative estimate of drug-likeness (QED) is 0.500. The van der Waals surface area contributed by atoms with Gasteiger partial charge >= 0.3 is 0 Å². The predicted molar refractivity (Wildman–Crippen MR) is 125 cm³/mol. The number of ketones is 1. The van der Waals surface area contributed by atoms with E-state index in [0.29, 0.717) is 46.8 Å². The largest absolute Gasteiger partial charge is 0.493 e. The molecule has 34 heavy (non-hydrogen) atoms. The lowest BCUT2D eigenvalue weighted by molar-refractivity contribution is -0.121.